The average Bonchev–Trinajstić information content (AvgIpc) is 4.00. The number of carbonyl (C=O) groups is 7. The summed E-state index contributed by atoms with van der Waals surface area (Å²) in [5.41, 5.74) is 9.20. The van der Waals surface area contributed by atoms with Crippen molar-refractivity contribution in [2.45, 2.75) is 104 Å². The van der Waals surface area contributed by atoms with Crippen LogP contribution in [-0.2, 0) is 50.1 Å². The normalized spacial score (nSPS) is 16.4. The van der Waals surface area contributed by atoms with Gasteiger partial charge in [-0.15, -0.1) is 12.4 Å². The number of fused-ring (bicyclic) bond motifs is 2. The third kappa shape index (κ3) is 15.3. The van der Waals surface area contributed by atoms with E-state index in [1.165, 1.54) is 33.0 Å². The largest absolute Gasteiger partial charge is 0.444 e. The summed E-state index contributed by atoms with van der Waals surface area (Å²) >= 11 is 6.48. The van der Waals surface area contributed by atoms with E-state index < -0.39 is 59.8 Å². The second-order valence-electron chi connectivity index (χ2n) is 20.9. The van der Waals surface area contributed by atoms with E-state index in [0.717, 1.165) is 11.1 Å². The van der Waals surface area contributed by atoms with Crippen molar-refractivity contribution in [3.05, 3.63) is 130 Å². The lowest BCUT2D eigenvalue weighted by Crippen LogP contribution is -2.44. The van der Waals surface area contributed by atoms with Crippen LogP contribution in [0.1, 0.15) is 80.1 Å². The van der Waals surface area contributed by atoms with Crippen LogP contribution in [0.2, 0.25) is 0 Å². The summed E-state index contributed by atoms with van der Waals surface area (Å²) in [6.07, 6.45) is 2.90. The molecule has 29 heteroatoms. The van der Waals surface area contributed by atoms with Gasteiger partial charge in [-0.2, -0.15) is 10.2 Å². The maximum absolute atomic E-state index is 14.5. The third-order valence-electron chi connectivity index (χ3n) is 13.5. The number of nitrogens with zero attached hydrogens (tertiary/aromatic N) is 12. The van der Waals surface area contributed by atoms with Crippen molar-refractivity contribution in [1.82, 2.24) is 64.6 Å². The molecule has 2 aliphatic heterocycles. The minimum absolute atomic E-state index is 0. The molecule has 8 heterocycles. The number of anilines is 2. The Labute approximate surface area is 513 Å². The van der Waals surface area contributed by atoms with Crippen molar-refractivity contribution in [3.63, 3.8) is 0 Å². The van der Waals surface area contributed by atoms with Gasteiger partial charge in [-0.3, -0.25) is 38.1 Å². The van der Waals surface area contributed by atoms with E-state index in [4.69, 9.17) is 10.5 Å². The zero-order valence-electron chi connectivity index (χ0n) is 46.8. The van der Waals surface area contributed by atoms with Gasteiger partial charge >= 0.3 is 6.09 Å². The number of ether oxygens (including phenoxy) is 1. The van der Waals surface area contributed by atoms with Crippen LogP contribution in [0.3, 0.4) is 0 Å². The fourth-order valence-electron chi connectivity index (χ4n) is 9.58. The van der Waals surface area contributed by atoms with Crippen LogP contribution in [-0.4, -0.2) is 144 Å². The minimum Gasteiger partial charge on any atom is -0.444 e. The molecule has 0 unspecified atom stereocenters. The van der Waals surface area contributed by atoms with Crippen LogP contribution in [0.4, 0.5) is 25.2 Å². The number of rotatable bonds is 15. The number of pyridine rings is 2. The van der Waals surface area contributed by atoms with E-state index in [0.29, 0.717) is 53.8 Å². The highest BCUT2D eigenvalue weighted by molar-refractivity contribution is 9.10. The number of Topliss-reactive ketones (excluding diaryl/α,β-unsaturated/α-hetero) is 2. The van der Waals surface area contributed by atoms with Crippen LogP contribution in [0.5, 0.6) is 0 Å². The number of nitrogens with two attached hydrogens (primary N) is 1. The second-order valence-corrected chi connectivity index (χ2v) is 22.5. The number of aromatic nitrogens is 10. The van der Waals surface area contributed by atoms with Crippen LogP contribution in [0, 0.1) is 0 Å². The Balaban J connectivity index is 0.000000224. The van der Waals surface area contributed by atoms with Crippen molar-refractivity contribution in [3.8, 4) is 22.3 Å². The SMILES string of the molecule is CC(=O)c1nn(CC(=O)N2C[C@H](F)C[C@H]2C(=O)Nc2cccc(Br)n2)c2ccc(-c3cnc(CN)nc3)cc12.CC(=O)c1nn(CC(=O)N2C[C@H](F)C[C@H]2C(=O)Nc2cccc(Br)n2)c2ccc(-c3cnc(CNC(=O)OC(C)(C)C)nc3)cc12.Cl. The number of alkyl halides is 2. The standard InChI is InChI=1S/C31H32BrFN8O5.C26H24BrFN8O3.ClH/c1-17(42)28-21-10-18(19-12-34-26(35-13-19)14-36-30(45)46-31(2,3)4)8-9-22(21)41(39-28)16-27(43)40-15-20(33)11-23(40)29(44)38-25-7-5-6-24(32)37-25;1-14(37)25-18-7-15(16-10-30-23(9-29)31-11-16)5-6-19(18)36(34-25)13-24(38)35-12-17(28)8-20(35)26(39)33-22-4-2-3-21(27)32-22;/h5-10,12-13,20,23H,11,14-16H2,1-4H3,(H,36,45)(H,37,38,44);2-7,10-11,17,20H,8-9,12-13,29H2,1H3,(H,32,33,39);1H/t20-,23+;17-,20+;/m11./s1. The monoisotopic (exact) mass is 1320 g/mol. The van der Waals surface area contributed by atoms with Gasteiger partial charge in [0.05, 0.1) is 37.2 Å². The molecule has 2 aromatic carbocycles. The number of carbonyl (C=O) groups excluding carboxylic acids is 7. The number of hydrogen-bond acceptors (Lipinski definition) is 17. The van der Waals surface area contributed by atoms with Crippen LogP contribution < -0.4 is 21.7 Å². The highest BCUT2D eigenvalue weighted by atomic mass is 79.9. The summed E-state index contributed by atoms with van der Waals surface area (Å²) in [5.74, 6) is -1.24. The molecule has 0 radical (unpaired) electrons. The number of alkyl carbamates (subject to hydrolysis) is 1. The van der Waals surface area contributed by atoms with E-state index >= 15 is 0 Å². The molecular weight excluding hydrogens is 1270 g/mol. The maximum Gasteiger partial charge on any atom is 0.408 e. The summed E-state index contributed by atoms with van der Waals surface area (Å²) in [6, 6.07) is 18.5. The molecular formula is C57H57Br2ClF2N16O8. The number of benzene rings is 2. The number of halogens is 5. The Hall–Kier alpha value is -8.60. The third-order valence-corrected chi connectivity index (χ3v) is 14.3. The number of likely N-dealkylation sites (tertiary alicyclic amines) is 2. The fourth-order valence-corrected chi connectivity index (χ4v) is 10.3. The fraction of sp³-hybridized carbons (Fsp3) is 0.316. The van der Waals surface area contributed by atoms with Crippen molar-refractivity contribution >= 4 is 119 Å². The molecule has 6 aromatic heterocycles. The van der Waals surface area contributed by atoms with E-state index in [2.05, 4.69) is 87.9 Å². The van der Waals surface area contributed by atoms with Gasteiger partial charge in [0, 0.05) is 73.4 Å². The predicted molar refractivity (Wildman–Crippen MR) is 321 cm³/mol. The lowest BCUT2D eigenvalue weighted by atomic mass is 10.0. The van der Waals surface area contributed by atoms with Gasteiger partial charge in [-0.1, -0.05) is 24.3 Å². The Morgan fingerprint density at radius 3 is 1.43 bits per heavy atom. The molecule has 0 spiro atoms. The zero-order valence-corrected chi connectivity index (χ0v) is 50.8. The Bertz CT molecular complexity index is 3890. The van der Waals surface area contributed by atoms with Crippen molar-refractivity contribution in [2.75, 3.05) is 23.7 Å². The first-order chi connectivity index (χ1) is 40.5. The van der Waals surface area contributed by atoms with Gasteiger partial charge in [-0.05, 0) is 112 Å². The van der Waals surface area contributed by atoms with E-state index in [9.17, 15) is 42.3 Å². The van der Waals surface area contributed by atoms with Gasteiger partial charge in [-0.25, -0.2) is 43.5 Å². The summed E-state index contributed by atoms with van der Waals surface area (Å²) in [4.78, 5) is 117. The molecule has 24 nitrogen and oxygen atoms in total. The first-order valence-electron chi connectivity index (χ1n) is 26.6. The van der Waals surface area contributed by atoms with Gasteiger partial charge < -0.3 is 36.2 Å². The van der Waals surface area contributed by atoms with Crippen LogP contribution >= 0.6 is 44.3 Å². The lowest BCUT2D eigenvalue weighted by molar-refractivity contribution is -0.137. The highest BCUT2D eigenvalue weighted by Gasteiger charge is 2.42. The van der Waals surface area contributed by atoms with Crippen molar-refractivity contribution in [1.29, 1.82) is 0 Å². The second kappa shape index (κ2) is 27.2. The number of ketones is 2. The molecule has 4 atom stereocenters. The van der Waals surface area contributed by atoms with Gasteiger partial charge in [0.1, 0.15) is 87.0 Å². The van der Waals surface area contributed by atoms with E-state index in [1.54, 1.807) is 112 Å². The number of amides is 5. The van der Waals surface area contributed by atoms with Crippen molar-refractivity contribution < 1.29 is 47.1 Å². The Morgan fingerprint density at radius 1 is 0.628 bits per heavy atom. The van der Waals surface area contributed by atoms with Crippen LogP contribution in [0.15, 0.2) is 107 Å². The molecule has 0 aliphatic carbocycles. The number of hydrogen-bond donors (Lipinski definition) is 4. The number of nitrogens with one attached hydrogen (secondary N) is 3. The lowest BCUT2D eigenvalue weighted by Gasteiger charge is -2.23. The molecule has 2 aliphatic rings. The molecule has 5 amide bonds. The molecule has 8 aromatic rings. The molecule has 0 bridgehead atoms. The highest BCUT2D eigenvalue weighted by Crippen LogP contribution is 2.31. The average molecular weight is 1330 g/mol. The van der Waals surface area contributed by atoms with Gasteiger partial charge in [0.25, 0.3) is 0 Å². The minimum atomic E-state index is -1.37. The van der Waals surface area contributed by atoms with E-state index in [-0.39, 0.29) is 99.1 Å². The Kier molecular flexibility index (Phi) is 20.0. The topological polar surface area (TPSA) is 310 Å². The molecule has 10 rings (SSSR count). The molecule has 448 valence electrons. The van der Waals surface area contributed by atoms with Gasteiger partial charge in [0.2, 0.25) is 23.6 Å². The quantitative estimate of drug-likeness (QED) is 0.0562. The summed E-state index contributed by atoms with van der Waals surface area (Å²) in [5, 5.41) is 17.8. The maximum atomic E-state index is 14.5. The summed E-state index contributed by atoms with van der Waals surface area (Å²) in [6.45, 7) is 7.32. The first-order valence-corrected chi connectivity index (χ1v) is 28.2. The van der Waals surface area contributed by atoms with E-state index in [1.807, 2.05) is 6.07 Å². The first kappa shape index (κ1) is 63.4. The van der Waals surface area contributed by atoms with Gasteiger partial charge in [0.15, 0.2) is 11.6 Å². The molecule has 5 N–H and O–H groups in total. The van der Waals surface area contributed by atoms with Crippen LogP contribution in [0.25, 0.3) is 44.1 Å². The Morgan fingerprint density at radius 2 is 1.05 bits per heavy atom. The zero-order chi connectivity index (χ0) is 60.9. The smallest absolute Gasteiger partial charge is 0.408 e. The molecule has 2 fully saturated rings. The molecule has 0 saturated carbocycles. The van der Waals surface area contributed by atoms with Crippen molar-refractivity contribution in [2.24, 2.45) is 5.73 Å². The molecule has 86 heavy (non-hydrogen) atoms. The summed E-state index contributed by atoms with van der Waals surface area (Å²) in [7, 11) is 0. The summed E-state index contributed by atoms with van der Waals surface area (Å²) < 4.78 is 38.0. The molecule has 2 saturated heterocycles. The predicted octanol–water partition coefficient (Wildman–Crippen LogP) is 7.77.